The van der Waals surface area contributed by atoms with E-state index in [1.807, 2.05) is 0 Å². The maximum Gasteiger partial charge on any atom is 0.0551 e. The van der Waals surface area contributed by atoms with E-state index in [-0.39, 0.29) is 0 Å². The highest BCUT2D eigenvalue weighted by atomic mass is 16.3. The predicted molar refractivity (Wildman–Crippen MR) is 76.1 cm³/mol. The smallest absolute Gasteiger partial charge is 0.0551 e. The molecule has 2 aliphatic rings. The topological polar surface area (TPSA) is 39.3 Å². The Labute approximate surface area is 113 Å². The minimum absolute atomic E-state index is 0.302. The molecule has 3 heteroatoms. The molecule has 3 heterocycles. The number of nitrogens with zero attached hydrogens (tertiary/aromatic N) is 1. The third-order valence-corrected chi connectivity index (χ3v) is 4.89. The number of rotatable bonds is 1. The summed E-state index contributed by atoms with van der Waals surface area (Å²) in [4.78, 5) is 6.18. The lowest BCUT2D eigenvalue weighted by Gasteiger charge is -2.43. The maximum atomic E-state index is 9.69. The summed E-state index contributed by atoms with van der Waals surface area (Å²) < 4.78 is 0. The molecule has 4 rings (SSSR count). The van der Waals surface area contributed by atoms with Gasteiger partial charge in [-0.3, -0.25) is 4.90 Å². The molecule has 2 aromatic rings. The predicted octanol–water partition coefficient (Wildman–Crippen LogP) is 2.47. The molecule has 0 aliphatic carbocycles. The summed E-state index contributed by atoms with van der Waals surface area (Å²) in [7, 11) is 0. The third-order valence-electron chi connectivity index (χ3n) is 4.89. The number of hydrogen-bond acceptors (Lipinski definition) is 2. The number of benzene rings is 1. The minimum atomic E-state index is 0.302. The molecule has 0 bridgehead atoms. The first-order valence-corrected chi connectivity index (χ1v) is 7.33. The molecule has 2 aliphatic heterocycles. The van der Waals surface area contributed by atoms with Crippen molar-refractivity contribution < 1.29 is 5.11 Å². The van der Waals surface area contributed by atoms with E-state index < -0.39 is 0 Å². The van der Waals surface area contributed by atoms with Gasteiger partial charge in [0, 0.05) is 35.7 Å². The van der Waals surface area contributed by atoms with Crippen molar-refractivity contribution in [1.29, 1.82) is 0 Å². The van der Waals surface area contributed by atoms with Gasteiger partial charge in [0.25, 0.3) is 0 Å². The fourth-order valence-electron chi connectivity index (χ4n) is 4.01. The van der Waals surface area contributed by atoms with Crippen molar-refractivity contribution in [3.05, 3.63) is 35.5 Å². The Hall–Kier alpha value is -1.32. The highest BCUT2D eigenvalue weighted by molar-refractivity contribution is 5.85. The largest absolute Gasteiger partial charge is 0.396 e. The first-order chi connectivity index (χ1) is 9.38. The van der Waals surface area contributed by atoms with Crippen molar-refractivity contribution in [2.75, 3.05) is 19.7 Å². The highest BCUT2D eigenvalue weighted by Crippen LogP contribution is 2.42. The van der Waals surface area contributed by atoms with Crippen LogP contribution in [0.5, 0.6) is 0 Å². The van der Waals surface area contributed by atoms with E-state index in [1.165, 1.54) is 35.1 Å². The summed E-state index contributed by atoms with van der Waals surface area (Å²) in [6.45, 7) is 2.61. The molecule has 0 spiro atoms. The molecule has 100 valence electrons. The normalized spacial score (nSPS) is 27.2. The van der Waals surface area contributed by atoms with Crippen LogP contribution in [0.2, 0.25) is 0 Å². The van der Waals surface area contributed by atoms with Gasteiger partial charge in [-0.25, -0.2) is 0 Å². The Balaban J connectivity index is 1.87. The number of aromatic nitrogens is 1. The molecule has 3 nitrogen and oxygen atoms in total. The molecule has 1 aromatic heterocycles. The molecule has 0 amide bonds. The van der Waals surface area contributed by atoms with Crippen LogP contribution >= 0.6 is 0 Å². The number of aromatic amines is 1. The molecular weight excluding hydrogens is 236 g/mol. The molecule has 0 saturated carbocycles. The van der Waals surface area contributed by atoms with Crippen LogP contribution in [0.25, 0.3) is 10.9 Å². The van der Waals surface area contributed by atoms with Gasteiger partial charge in [0.2, 0.25) is 0 Å². The van der Waals surface area contributed by atoms with E-state index in [0.29, 0.717) is 18.6 Å². The maximum absolute atomic E-state index is 9.69. The molecule has 2 N–H and O–H groups in total. The summed E-state index contributed by atoms with van der Waals surface area (Å²) in [5, 5.41) is 11.1. The monoisotopic (exact) mass is 256 g/mol. The van der Waals surface area contributed by atoms with Crippen LogP contribution in [0, 0.1) is 5.92 Å². The van der Waals surface area contributed by atoms with Gasteiger partial charge in [0.1, 0.15) is 0 Å². The summed E-state index contributed by atoms with van der Waals surface area (Å²) in [6, 6.07) is 8.99. The van der Waals surface area contributed by atoms with Crippen LogP contribution in [-0.4, -0.2) is 34.7 Å². The van der Waals surface area contributed by atoms with Gasteiger partial charge in [-0.1, -0.05) is 18.2 Å². The number of aliphatic hydroxyl groups is 1. The zero-order valence-corrected chi connectivity index (χ0v) is 11.1. The van der Waals surface area contributed by atoms with Crippen molar-refractivity contribution in [3.8, 4) is 0 Å². The quantitative estimate of drug-likeness (QED) is 0.822. The molecule has 19 heavy (non-hydrogen) atoms. The molecule has 1 saturated heterocycles. The minimum Gasteiger partial charge on any atom is -0.396 e. The Morgan fingerprint density at radius 2 is 2.16 bits per heavy atom. The molecule has 0 radical (unpaired) electrons. The van der Waals surface area contributed by atoms with Crippen molar-refractivity contribution in [3.63, 3.8) is 0 Å². The van der Waals surface area contributed by atoms with Crippen LogP contribution in [0.3, 0.4) is 0 Å². The van der Waals surface area contributed by atoms with Crippen LogP contribution < -0.4 is 0 Å². The Bertz CT molecular complexity index is 604. The van der Waals surface area contributed by atoms with Crippen LogP contribution in [0.15, 0.2) is 24.3 Å². The summed E-state index contributed by atoms with van der Waals surface area (Å²) in [6.07, 6.45) is 3.50. The highest BCUT2D eigenvalue weighted by Gasteiger charge is 2.37. The van der Waals surface area contributed by atoms with Crippen LogP contribution in [-0.2, 0) is 6.42 Å². The van der Waals surface area contributed by atoms with E-state index in [2.05, 4.69) is 34.1 Å². The fraction of sp³-hybridized carbons (Fsp3) is 0.500. The first-order valence-electron chi connectivity index (χ1n) is 7.33. The Morgan fingerprint density at radius 3 is 3.05 bits per heavy atom. The zero-order chi connectivity index (χ0) is 12.8. The number of nitrogens with one attached hydrogen (secondary N) is 1. The lowest BCUT2D eigenvalue weighted by atomic mass is 9.83. The average molecular weight is 256 g/mol. The van der Waals surface area contributed by atoms with Gasteiger partial charge in [-0.05, 0) is 37.4 Å². The summed E-state index contributed by atoms with van der Waals surface area (Å²) in [5.74, 6) is 0.390. The average Bonchev–Trinajstić information content (AvgIpc) is 2.85. The number of hydrogen-bond donors (Lipinski definition) is 2. The molecular formula is C16H20N2O. The lowest BCUT2D eigenvalue weighted by molar-refractivity contribution is 0.0465. The van der Waals surface area contributed by atoms with E-state index in [0.717, 1.165) is 19.4 Å². The Kier molecular flexibility index (Phi) is 2.64. The van der Waals surface area contributed by atoms with E-state index in [4.69, 9.17) is 0 Å². The van der Waals surface area contributed by atoms with E-state index in [1.54, 1.807) is 0 Å². The van der Waals surface area contributed by atoms with Crippen molar-refractivity contribution in [1.82, 2.24) is 9.88 Å². The van der Waals surface area contributed by atoms with Crippen LogP contribution in [0.4, 0.5) is 0 Å². The Morgan fingerprint density at radius 1 is 1.26 bits per heavy atom. The van der Waals surface area contributed by atoms with Gasteiger partial charge < -0.3 is 10.1 Å². The summed E-state index contributed by atoms with van der Waals surface area (Å²) >= 11 is 0. The fourth-order valence-corrected chi connectivity index (χ4v) is 4.01. The number of aliphatic hydroxyl groups excluding tert-OH is 1. The number of fused-ring (bicyclic) bond motifs is 5. The SMILES string of the molecule is OC[C@H]1CCCN2CCc3c([nH]c4ccccc34)[C@H]12. The van der Waals surface area contributed by atoms with Gasteiger partial charge in [0.05, 0.1) is 6.04 Å². The standard InChI is InChI=1S/C16H20N2O/c19-10-11-4-3-8-18-9-7-13-12-5-1-2-6-14(12)17-15(13)16(11)18/h1-2,5-6,11,16-17,19H,3-4,7-10H2/t11-,16+/m1/s1. The van der Waals surface area contributed by atoms with Crippen molar-refractivity contribution in [2.45, 2.75) is 25.3 Å². The number of H-pyrrole nitrogens is 1. The lowest BCUT2D eigenvalue weighted by Crippen LogP contribution is -2.44. The van der Waals surface area contributed by atoms with Gasteiger partial charge in [0.15, 0.2) is 0 Å². The molecule has 2 atom stereocenters. The number of para-hydroxylation sites is 1. The first kappa shape index (κ1) is 11.5. The summed E-state index contributed by atoms with van der Waals surface area (Å²) in [5.41, 5.74) is 4.10. The second kappa shape index (κ2) is 4.36. The van der Waals surface area contributed by atoms with Crippen molar-refractivity contribution in [2.24, 2.45) is 5.92 Å². The van der Waals surface area contributed by atoms with Crippen LogP contribution in [0.1, 0.15) is 30.1 Å². The molecule has 0 unspecified atom stereocenters. The number of piperidine rings is 1. The third kappa shape index (κ3) is 1.65. The van der Waals surface area contributed by atoms with Crippen molar-refractivity contribution >= 4 is 10.9 Å². The van der Waals surface area contributed by atoms with E-state index >= 15 is 0 Å². The van der Waals surface area contributed by atoms with Gasteiger partial charge in [-0.15, -0.1) is 0 Å². The second-order valence-corrected chi connectivity index (χ2v) is 5.88. The zero-order valence-electron chi connectivity index (χ0n) is 11.1. The molecule has 1 aromatic carbocycles. The molecule has 1 fully saturated rings. The second-order valence-electron chi connectivity index (χ2n) is 5.88. The van der Waals surface area contributed by atoms with E-state index in [9.17, 15) is 5.11 Å². The van der Waals surface area contributed by atoms with Gasteiger partial charge >= 0.3 is 0 Å². The van der Waals surface area contributed by atoms with Gasteiger partial charge in [-0.2, -0.15) is 0 Å².